The van der Waals surface area contributed by atoms with Crippen molar-refractivity contribution in [2.75, 3.05) is 50.2 Å². The zero-order valence-electron chi connectivity index (χ0n) is 27.7. The number of hydrogen-bond acceptors (Lipinski definition) is 8. The van der Waals surface area contributed by atoms with E-state index in [2.05, 4.69) is 58.9 Å². The van der Waals surface area contributed by atoms with Gasteiger partial charge in [0.05, 0.1) is 18.2 Å². The molecule has 2 fully saturated rings. The van der Waals surface area contributed by atoms with Crippen molar-refractivity contribution in [1.29, 1.82) is 0 Å². The molecule has 2 aliphatic rings. The van der Waals surface area contributed by atoms with E-state index in [0.717, 1.165) is 56.2 Å². The highest BCUT2D eigenvalue weighted by molar-refractivity contribution is 5.75. The number of hydrogen-bond donors (Lipinski definition) is 3. The van der Waals surface area contributed by atoms with Crippen LogP contribution in [0.25, 0.3) is 0 Å². The number of nitrogens with zero attached hydrogens (tertiary/aromatic N) is 1. The van der Waals surface area contributed by atoms with Crippen LogP contribution < -0.4 is 26.4 Å². The second-order valence-corrected chi connectivity index (χ2v) is 13.5. The largest absolute Gasteiger partial charge is 0.390 e. The number of aliphatic hydroxyl groups is 1. The second kappa shape index (κ2) is 17.2. The molecule has 1 saturated heterocycles. The molecular weight excluding hydrogens is 578 g/mol. The predicted octanol–water partition coefficient (Wildman–Crippen LogP) is 5.50. The minimum absolute atomic E-state index is 0.107. The SMILES string of the molecule is COCCCO[C@@H](c1ccccc1)[C@@H]1CCCN(c2c(N[C@@H](CC3CCCCC3)[C@H](O)CNCc3ccc(C)cc3)c(=O)c2=O)C1. The lowest BCUT2D eigenvalue weighted by Crippen LogP contribution is -2.50. The van der Waals surface area contributed by atoms with Gasteiger partial charge in [-0.15, -0.1) is 0 Å². The fourth-order valence-electron chi connectivity index (χ4n) is 7.33. The first-order valence-electron chi connectivity index (χ1n) is 17.4. The van der Waals surface area contributed by atoms with Crippen molar-refractivity contribution in [1.82, 2.24) is 5.32 Å². The fourth-order valence-corrected chi connectivity index (χ4v) is 7.33. The quantitative estimate of drug-likeness (QED) is 0.133. The molecule has 46 heavy (non-hydrogen) atoms. The van der Waals surface area contributed by atoms with E-state index in [9.17, 15) is 14.7 Å². The highest BCUT2D eigenvalue weighted by atomic mass is 16.5. The molecule has 8 nitrogen and oxygen atoms in total. The van der Waals surface area contributed by atoms with Crippen LogP contribution in [0.1, 0.15) is 80.6 Å². The van der Waals surface area contributed by atoms with Crippen molar-refractivity contribution in [2.24, 2.45) is 11.8 Å². The number of rotatable bonds is 17. The summed E-state index contributed by atoms with van der Waals surface area (Å²) < 4.78 is 11.7. The molecule has 250 valence electrons. The van der Waals surface area contributed by atoms with Crippen LogP contribution in [0.15, 0.2) is 64.2 Å². The molecule has 3 N–H and O–H groups in total. The van der Waals surface area contributed by atoms with Gasteiger partial charge in [-0.3, -0.25) is 9.59 Å². The van der Waals surface area contributed by atoms with Gasteiger partial charge in [0, 0.05) is 52.4 Å². The Kier molecular flexibility index (Phi) is 12.8. The van der Waals surface area contributed by atoms with Crippen LogP contribution in [0.2, 0.25) is 0 Å². The van der Waals surface area contributed by atoms with Crippen LogP contribution in [-0.2, 0) is 16.0 Å². The number of benzene rings is 2. The van der Waals surface area contributed by atoms with Gasteiger partial charge in [0.15, 0.2) is 0 Å². The van der Waals surface area contributed by atoms with Crippen LogP contribution >= 0.6 is 0 Å². The first kappa shape index (κ1) is 34.3. The number of aliphatic hydroxyl groups excluding tert-OH is 1. The molecule has 8 heteroatoms. The molecule has 0 radical (unpaired) electrons. The van der Waals surface area contributed by atoms with Crippen LogP contribution in [0.5, 0.6) is 0 Å². The summed E-state index contributed by atoms with van der Waals surface area (Å²) in [5.41, 5.74) is 3.47. The molecule has 0 aromatic heterocycles. The Morgan fingerprint density at radius 3 is 2.43 bits per heavy atom. The topological polar surface area (TPSA) is 100 Å². The second-order valence-electron chi connectivity index (χ2n) is 13.5. The van der Waals surface area contributed by atoms with Crippen molar-refractivity contribution < 1.29 is 14.6 Å². The van der Waals surface area contributed by atoms with Crippen LogP contribution in [0.4, 0.5) is 11.4 Å². The summed E-state index contributed by atoms with van der Waals surface area (Å²) in [7, 11) is 1.70. The molecule has 1 saturated carbocycles. The van der Waals surface area contributed by atoms with Gasteiger partial charge in [-0.25, -0.2) is 0 Å². The summed E-state index contributed by atoms with van der Waals surface area (Å²) in [5, 5.41) is 18.3. The molecule has 1 aliphatic carbocycles. The first-order valence-corrected chi connectivity index (χ1v) is 17.4. The molecule has 4 atom stereocenters. The number of anilines is 2. The maximum atomic E-state index is 13.1. The van der Waals surface area contributed by atoms with Crippen LogP contribution in [0.3, 0.4) is 0 Å². The molecule has 0 amide bonds. The maximum absolute atomic E-state index is 13.1. The van der Waals surface area contributed by atoms with E-state index in [4.69, 9.17) is 9.47 Å². The minimum atomic E-state index is -0.707. The zero-order chi connectivity index (χ0) is 32.3. The highest BCUT2D eigenvalue weighted by Gasteiger charge is 2.35. The van der Waals surface area contributed by atoms with Crippen LogP contribution in [0, 0.1) is 18.8 Å². The molecule has 0 spiro atoms. The molecule has 1 heterocycles. The molecule has 3 aromatic rings. The standard InChI is InChI=1S/C38H53N3O5/c1-27-16-18-29(19-17-27)24-39-25-33(42)32(23-28-11-5-3-6-12-28)40-34-35(37(44)36(34)43)41-20-9-15-31(26-41)38(46-22-10-21-45-2)30-13-7-4-8-14-30/h4,7-8,13-14,16-19,28,31-33,38-40,42H,3,5-6,9-12,15,20-26H2,1-2H3/t31-,32+,33-,38+/m1/s1. The Bertz CT molecular complexity index is 1400. The van der Waals surface area contributed by atoms with E-state index in [1.54, 1.807) is 7.11 Å². The van der Waals surface area contributed by atoms with E-state index < -0.39 is 17.0 Å². The summed E-state index contributed by atoms with van der Waals surface area (Å²) in [6, 6.07) is 18.4. The molecule has 1 aliphatic heterocycles. The lowest BCUT2D eigenvalue weighted by molar-refractivity contribution is -0.00235. The van der Waals surface area contributed by atoms with Gasteiger partial charge >= 0.3 is 0 Å². The number of piperidine rings is 1. The summed E-state index contributed by atoms with van der Waals surface area (Å²) in [5.74, 6) is 0.666. The molecular formula is C38H53N3O5. The Morgan fingerprint density at radius 2 is 1.70 bits per heavy atom. The minimum Gasteiger partial charge on any atom is -0.390 e. The van der Waals surface area contributed by atoms with Crippen LogP contribution in [-0.4, -0.2) is 57.2 Å². The summed E-state index contributed by atoms with van der Waals surface area (Å²) in [6.45, 7) is 5.72. The Balaban J connectivity index is 1.29. The lowest BCUT2D eigenvalue weighted by Gasteiger charge is -2.40. The smallest absolute Gasteiger partial charge is 0.253 e. The van der Waals surface area contributed by atoms with Gasteiger partial charge in [-0.2, -0.15) is 0 Å². The average molecular weight is 632 g/mol. The number of nitrogens with one attached hydrogen (secondary N) is 2. The third kappa shape index (κ3) is 9.06. The van der Waals surface area contributed by atoms with Gasteiger partial charge in [-0.1, -0.05) is 92.3 Å². The molecule has 0 unspecified atom stereocenters. The summed E-state index contributed by atoms with van der Waals surface area (Å²) >= 11 is 0. The normalized spacial score (nSPS) is 19.6. The first-order chi connectivity index (χ1) is 22.4. The van der Waals surface area contributed by atoms with E-state index in [-0.39, 0.29) is 18.1 Å². The maximum Gasteiger partial charge on any atom is 0.253 e. The van der Waals surface area contributed by atoms with Gasteiger partial charge < -0.3 is 30.1 Å². The summed E-state index contributed by atoms with van der Waals surface area (Å²) in [6.07, 6.45) is 8.61. The zero-order valence-corrected chi connectivity index (χ0v) is 27.7. The van der Waals surface area contributed by atoms with E-state index >= 15 is 0 Å². The molecule has 0 bridgehead atoms. The fraction of sp³-hybridized carbons (Fsp3) is 0.579. The Labute approximate surface area is 274 Å². The summed E-state index contributed by atoms with van der Waals surface area (Å²) in [4.78, 5) is 28.3. The number of aryl methyl sites for hydroxylation is 1. The van der Waals surface area contributed by atoms with Gasteiger partial charge in [0.2, 0.25) is 0 Å². The molecule has 5 rings (SSSR count). The van der Waals surface area contributed by atoms with E-state index in [1.165, 1.54) is 24.8 Å². The van der Waals surface area contributed by atoms with Gasteiger partial charge in [-0.05, 0) is 49.7 Å². The third-order valence-electron chi connectivity index (χ3n) is 9.92. The van der Waals surface area contributed by atoms with E-state index in [1.807, 2.05) is 18.2 Å². The number of ether oxygens (including phenoxy) is 2. The van der Waals surface area contributed by atoms with Gasteiger partial charge in [0.25, 0.3) is 10.9 Å². The van der Waals surface area contributed by atoms with Crippen molar-refractivity contribution in [3.8, 4) is 0 Å². The van der Waals surface area contributed by atoms with E-state index in [0.29, 0.717) is 50.1 Å². The van der Waals surface area contributed by atoms with Crippen molar-refractivity contribution in [3.05, 3.63) is 91.7 Å². The lowest BCUT2D eigenvalue weighted by atomic mass is 9.83. The van der Waals surface area contributed by atoms with Crippen molar-refractivity contribution in [2.45, 2.75) is 89.5 Å². The average Bonchev–Trinajstić information content (AvgIpc) is 3.09. The molecule has 3 aromatic carbocycles. The third-order valence-corrected chi connectivity index (χ3v) is 9.92. The van der Waals surface area contributed by atoms with Crippen molar-refractivity contribution in [3.63, 3.8) is 0 Å². The predicted molar refractivity (Wildman–Crippen MR) is 185 cm³/mol. The highest BCUT2D eigenvalue weighted by Crippen LogP contribution is 2.36. The van der Waals surface area contributed by atoms with Gasteiger partial charge in [0.1, 0.15) is 11.4 Å². The monoisotopic (exact) mass is 631 g/mol. The van der Waals surface area contributed by atoms with Crippen molar-refractivity contribution >= 4 is 11.4 Å². The Hall–Kier alpha value is -3.04. The number of methoxy groups -OCH3 is 1. The Morgan fingerprint density at radius 1 is 0.935 bits per heavy atom.